The standard InChI is InChI=1S/C18H29NO/c1-5-15-7-6-11-18(19,12-10-15)16-9-8-13(2)14(3)17(16)20-4/h8-9,15H,5-7,10-12,19H2,1-4H3. The minimum absolute atomic E-state index is 0.215. The van der Waals surface area contributed by atoms with Gasteiger partial charge in [-0.15, -0.1) is 0 Å². The van der Waals surface area contributed by atoms with Crippen LogP contribution < -0.4 is 10.5 Å². The lowest BCUT2D eigenvalue weighted by Crippen LogP contribution is -2.36. The number of ether oxygens (including phenoxy) is 1. The van der Waals surface area contributed by atoms with Crippen LogP contribution in [-0.2, 0) is 5.54 Å². The summed E-state index contributed by atoms with van der Waals surface area (Å²) in [5.74, 6) is 1.85. The van der Waals surface area contributed by atoms with Crippen LogP contribution in [0, 0.1) is 19.8 Å². The van der Waals surface area contributed by atoms with E-state index in [9.17, 15) is 0 Å². The number of hydrogen-bond acceptors (Lipinski definition) is 2. The van der Waals surface area contributed by atoms with Gasteiger partial charge in [0.15, 0.2) is 0 Å². The molecule has 2 unspecified atom stereocenters. The predicted octanol–water partition coefficient (Wildman–Crippen LogP) is 4.46. The van der Waals surface area contributed by atoms with Crippen molar-refractivity contribution in [2.45, 2.75) is 64.8 Å². The fourth-order valence-corrected chi connectivity index (χ4v) is 3.56. The molecule has 0 radical (unpaired) electrons. The van der Waals surface area contributed by atoms with E-state index >= 15 is 0 Å². The third kappa shape index (κ3) is 2.85. The average molecular weight is 275 g/mol. The van der Waals surface area contributed by atoms with Crippen LogP contribution in [0.15, 0.2) is 12.1 Å². The molecule has 112 valence electrons. The van der Waals surface area contributed by atoms with Crippen LogP contribution in [0.4, 0.5) is 0 Å². The molecule has 0 spiro atoms. The Morgan fingerprint density at radius 2 is 2.00 bits per heavy atom. The third-order valence-electron chi connectivity index (χ3n) is 5.23. The molecular formula is C18H29NO. The molecular weight excluding hydrogens is 246 g/mol. The topological polar surface area (TPSA) is 35.2 Å². The molecule has 2 nitrogen and oxygen atoms in total. The average Bonchev–Trinajstić information content (AvgIpc) is 2.64. The highest BCUT2D eigenvalue weighted by atomic mass is 16.5. The van der Waals surface area contributed by atoms with E-state index in [1.54, 1.807) is 7.11 Å². The molecule has 1 aromatic carbocycles. The molecule has 1 saturated carbocycles. The summed E-state index contributed by atoms with van der Waals surface area (Å²) in [6, 6.07) is 4.37. The van der Waals surface area contributed by atoms with Gasteiger partial charge >= 0.3 is 0 Å². The van der Waals surface area contributed by atoms with Crippen molar-refractivity contribution in [2.75, 3.05) is 7.11 Å². The normalized spacial score (nSPS) is 27.1. The van der Waals surface area contributed by atoms with Gasteiger partial charge in [0.25, 0.3) is 0 Å². The number of methoxy groups -OCH3 is 1. The summed E-state index contributed by atoms with van der Waals surface area (Å²) in [5, 5.41) is 0. The van der Waals surface area contributed by atoms with Gasteiger partial charge in [-0.2, -0.15) is 0 Å². The molecule has 1 aliphatic rings. The summed E-state index contributed by atoms with van der Waals surface area (Å²) in [6.45, 7) is 6.56. The van der Waals surface area contributed by atoms with Gasteiger partial charge in [-0.3, -0.25) is 0 Å². The Kier molecular flexibility index (Phi) is 4.74. The molecule has 1 fully saturated rings. The van der Waals surface area contributed by atoms with Crippen LogP contribution in [0.3, 0.4) is 0 Å². The lowest BCUT2D eigenvalue weighted by molar-refractivity contribution is 0.341. The molecule has 0 heterocycles. The van der Waals surface area contributed by atoms with E-state index in [1.165, 1.54) is 42.4 Å². The largest absolute Gasteiger partial charge is 0.496 e. The molecule has 0 saturated heterocycles. The number of aryl methyl sites for hydroxylation is 1. The Morgan fingerprint density at radius 1 is 1.25 bits per heavy atom. The number of nitrogens with two attached hydrogens (primary N) is 1. The smallest absolute Gasteiger partial charge is 0.127 e. The fraction of sp³-hybridized carbons (Fsp3) is 0.667. The second-order valence-corrected chi connectivity index (χ2v) is 6.45. The molecule has 2 heteroatoms. The fourth-order valence-electron chi connectivity index (χ4n) is 3.56. The summed E-state index contributed by atoms with van der Waals surface area (Å²) < 4.78 is 5.69. The zero-order chi connectivity index (χ0) is 14.8. The minimum atomic E-state index is -0.215. The Balaban J connectivity index is 2.36. The Morgan fingerprint density at radius 3 is 2.65 bits per heavy atom. The summed E-state index contributed by atoms with van der Waals surface area (Å²) in [6.07, 6.45) is 7.21. The van der Waals surface area contributed by atoms with Crippen LogP contribution in [0.5, 0.6) is 5.75 Å². The summed E-state index contributed by atoms with van der Waals surface area (Å²) in [4.78, 5) is 0. The Hall–Kier alpha value is -1.02. The lowest BCUT2D eigenvalue weighted by Gasteiger charge is -2.31. The summed E-state index contributed by atoms with van der Waals surface area (Å²) >= 11 is 0. The zero-order valence-corrected chi connectivity index (χ0v) is 13.5. The molecule has 1 aromatic rings. The van der Waals surface area contributed by atoms with Crippen molar-refractivity contribution in [3.05, 3.63) is 28.8 Å². The first-order valence-corrected chi connectivity index (χ1v) is 7.95. The van der Waals surface area contributed by atoms with Crippen molar-refractivity contribution in [1.82, 2.24) is 0 Å². The number of hydrogen-bond donors (Lipinski definition) is 1. The maximum absolute atomic E-state index is 6.81. The first kappa shape index (κ1) is 15.4. The van der Waals surface area contributed by atoms with E-state index < -0.39 is 0 Å². The maximum Gasteiger partial charge on any atom is 0.127 e. The van der Waals surface area contributed by atoms with Crippen LogP contribution in [0.2, 0.25) is 0 Å². The molecule has 0 aliphatic heterocycles. The van der Waals surface area contributed by atoms with E-state index in [4.69, 9.17) is 10.5 Å². The number of rotatable bonds is 3. The molecule has 20 heavy (non-hydrogen) atoms. The SMILES string of the molecule is CCC1CCCC(N)(c2ccc(C)c(C)c2OC)CC1. The van der Waals surface area contributed by atoms with Gasteiger partial charge in [-0.25, -0.2) is 0 Å². The second-order valence-electron chi connectivity index (χ2n) is 6.45. The van der Waals surface area contributed by atoms with Crippen molar-refractivity contribution in [3.8, 4) is 5.75 Å². The van der Waals surface area contributed by atoms with Crippen molar-refractivity contribution < 1.29 is 4.74 Å². The molecule has 0 aromatic heterocycles. The maximum atomic E-state index is 6.81. The van der Waals surface area contributed by atoms with E-state index in [2.05, 4.69) is 32.9 Å². The summed E-state index contributed by atoms with van der Waals surface area (Å²) in [5.41, 5.74) is 10.3. The van der Waals surface area contributed by atoms with E-state index in [-0.39, 0.29) is 5.54 Å². The van der Waals surface area contributed by atoms with Gasteiger partial charge < -0.3 is 10.5 Å². The highest BCUT2D eigenvalue weighted by molar-refractivity contribution is 5.48. The number of benzene rings is 1. The van der Waals surface area contributed by atoms with Crippen LogP contribution in [0.25, 0.3) is 0 Å². The third-order valence-corrected chi connectivity index (χ3v) is 5.23. The van der Waals surface area contributed by atoms with Crippen LogP contribution in [-0.4, -0.2) is 7.11 Å². The monoisotopic (exact) mass is 275 g/mol. The first-order valence-electron chi connectivity index (χ1n) is 7.95. The molecule has 2 N–H and O–H groups in total. The van der Waals surface area contributed by atoms with Crippen LogP contribution in [0.1, 0.15) is 62.1 Å². The van der Waals surface area contributed by atoms with Gasteiger partial charge in [0.2, 0.25) is 0 Å². The van der Waals surface area contributed by atoms with E-state index in [0.717, 1.165) is 24.5 Å². The molecule has 0 bridgehead atoms. The Labute approximate surface area is 123 Å². The van der Waals surface area contributed by atoms with Gasteiger partial charge in [0.05, 0.1) is 7.11 Å². The van der Waals surface area contributed by atoms with Crippen molar-refractivity contribution >= 4 is 0 Å². The summed E-state index contributed by atoms with van der Waals surface area (Å²) in [7, 11) is 1.76. The molecule has 2 atom stereocenters. The quantitative estimate of drug-likeness (QED) is 0.827. The first-order chi connectivity index (χ1) is 9.51. The molecule has 1 aliphatic carbocycles. The lowest BCUT2D eigenvalue weighted by atomic mass is 9.81. The van der Waals surface area contributed by atoms with Crippen molar-refractivity contribution in [1.29, 1.82) is 0 Å². The van der Waals surface area contributed by atoms with Gasteiger partial charge in [-0.1, -0.05) is 38.3 Å². The highest BCUT2D eigenvalue weighted by Crippen LogP contribution is 2.42. The van der Waals surface area contributed by atoms with E-state index in [1.807, 2.05) is 0 Å². The van der Waals surface area contributed by atoms with Gasteiger partial charge in [-0.05, 0) is 50.2 Å². The van der Waals surface area contributed by atoms with Crippen molar-refractivity contribution in [3.63, 3.8) is 0 Å². The van der Waals surface area contributed by atoms with Crippen LogP contribution >= 0.6 is 0 Å². The second kappa shape index (κ2) is 6.17. The predicted molar refractivity (Wildman–Crippen MR) is 85.2 cm³/mol. The Bertz CT molecular complexity index is 469. The van der Waals surface area contributed by atoms with Gasteiger partial charge in [0, 0.05) is 11.1 Å². The van der Waals surface area contributed by atoms with Crippen molar-refractivity contribution in [2.24, 2.45) is 11.7 Å². The minimum Gasteiger partial charge on any atom is -0.496 e. The molecule has 2 rings (SSSR count). The molecule has 0 amide bonds. The van der Waals surface area contributed by atoms with Gasteiger partial charge in [0.1, 0.15) is 5.75 Å². The highest BCUT2D eigenvalue weighted by Gasteiger charge is 2.33. The van der Waals surface area contributed by atoms with E-state index in [0.29, 0.717) is 0 Å². The zero-order valence-electron chi connectivity index (χ0n) is 13.5.